The number of pyridine rings is 1. The van der Waals surface area contributed by atoms with E-state index in [2.05, 4.69) is 25.2 Å². The molecule has 2 N–H and O–H groups in total. The van der Waals surface area contributed by atoms with Crippen LogP contribution in [0, 0.1) is 5.82 Å². The number of hydrogen-bond donors (Lipinski definition) is 2. The van der Waals surface area contributed by atoms with Crippen molar-refractivity contribution in [3.63, 3.8) is 0 Å². The molecule has 41 heavy (non-hydrogen) atoms. The molecule has 1 aliphatic heterocycles. The Morgan fingerprint density at radius 3 is 2.27 bits per heavy atom. The van der Waals surface area contributed by atoms with Gasteiger partial charge in [0.25, 0.3) is 5.91 Å². The minimum atomic E-state index is -4.94. The Morgan fingerprint density at radius 1 is 1.10 bits per heavy atom. The summed E-state index contributed by atoms with van der Waals surface area (Å²) in [5.74, 6) is -1.23. The second kappa shape index (κ2) is 11.9. The molecule has 0 bridgehead atoms. The third-order valence-corrected chi connectivity index (χ3v) is 7.50. The molecular weight excluding hydrogens is 542 g/mol. The monoisotopic (exact) mass is 575 g/mol. The maximum atomic E-state index is 15.7. The lowest BCUT2D eigenvalue weighted by Gasteiger charge is -2.44. The van der Waals surface area contributed by atoms with Crippen LogP contribution in [-0.2, 0) is 6.18 Å². The summed E-state index contributed by atoms with van der Waals surface area (Å²) in [7, 11) is 1.98. The zero-order valence-corrected chi connectivity index (χ0v) is 23.5. The van der Waals surface area contributed by atoms with Crippen LogP contribution in [0.25, 0.3) is 11.1 Å². The van der Waals surface area contributed by atoms with E-state index in [0.29, 0.717) is 49.4 Å². The zero-order chi connectivity index (χ0) is 30.1. The summed E-state index contributed by atoms with van der Waals surface area (Å²) in [5.41, 5.74) is -2.28. The molecule has 0 spiro atoms. The average Bonchev–Trinajstić information content (AvgIpc) is 2.92. The molecule has 2 atom stereocenters. The SMILES string of the molecule is CCN(CC)c1ncc(-c2cc(NC(=O)c3c[nH]c(=O)cc3C(F)(F)F)c(N3CC(C)N(C)C(C)C3)cc2F)cn1. The summed E-state index contributed by atoms with van der Waals surface area (Å²) in [5, 5.41) is 2.55. The molecule has 1 aliphatic rings. The number of rotatable bonds is 7. The van der Waals surface area contributed by atoms with Crippen molar-refractivity contribution in [1.82, 2.24) is 19.9 Å². The van der Waals surface area contributed by atoms with Gasteiger partial charge in [0, 0.05) is 74.0 Å². The van der Waals surface area contributed by atoms with Crippen LogP contribution in [0.4, 0.5) is 34.9 Å². The van der Waals surface area contributed by atoms with Gasteiger partial charge in [-0.2, -0.15) is 13.2 Å². The predicted octanol–water partition coefficient (Wildman–Crippen LogP) is 4.62. The highest BCUT2D eigenvalue weighted by atomic mass is 19.4. The van der Waals surface area contributed by atoms with E-state index in [4.69, 9.17) is 0 Å². The Morgan fingerprint density at radius 2 is 1.71 bits per heavy atom. The highest BCUT2D eigenvalue weighted by molar-refractivity contribution is 6.07. The van der Waals surface area contributed by atoms with E-state index >= 15 is 4.39 Å². The maximum absolute atomic E-state index is 15.7. The summed E-state index contributed by atoms with van der Waals surface area (Å²) < 4.78 is 56.7. The zero-order valence-electron chi connectivity index (χ0n) is 23.5. The van der Waals surface area contributed by atoms with E-state index in [0.717, 1.165) is 6.20 Å². The summed E-state index contributed by atoms with van der Waals surface area (Å²) in [6, 6.07) is 3.16. The first-order chi connectivity index (χ1) is 19.3. The number of aromatic amines is 1. The summed E-state index contributed by atoms with van der Waals surface area (Å²) in [4.78, 5) is 41.7. The van der Waals surface area contributed by atoms with Gasteiger partial charge in [0.1, 0.15) is 5.82 Å². The van der Waals surface area contributed by atoms with Crippen molar-refractivity contribution in [1.29, 1.82) is 0 Å². The van der Waals surface area contributed by atoms with Crippen LogP contribution in [0.1, 0.15) is 43.6 Å². The molecule has 1 aromatic carbocycles. The molecule has 2 unspecified atom stereocenters. The van der Waals surface area contributed by atoms with Crippen molar-refractivity contribution < 1.29 is 22.4 Å². The number of amides is 1. The molecule has 3 heterocycles. The first kappa shape index (κ1) is 30.0. The quantitative estimate of drug-likeness (QED) is 0.397. The second-order valence-corrected chi connectivity index (χ2v) is 10.1. The number of piperazine rings is 1. The van der Waals surface area contributed by atoms with Gasteiger partial charge in [0.2, 0.25) is 11.5 Å². The van der Waals surface area contributed by atoms with Crippen molar-refractivity contribution in [2.45, 2.75) is 46.0 Å². The number of anilines is 3. The van der Waals surface area contributed by atoms with E-state index in [1.165, 1.54) is 24.5 Å². The van der Waals surface area contributed by atoms with Gasteiger partial charge in [-0.05, 0) is 46.9 Å². The van der Waals surface area contributed by atoms with Crippen molar-refractivity contribution in [3.8, 4) is 11.1 Å². The van der Waals surface area contributed by atoms with Crippen molar-refractivity contribution in [2.75, 3.05) is 48.3 Å². The number of benzene rings is 1. The number of alkyl halides is 3. The summed E-state index contributed by atoms with van der Waals surface area (Å²) in [6.45, 7) is 10.3. The van der Waals surface area contributed by atoms with E-state index in [1.807, 2.05) is 44.5 Å². The van der Waals surface area contributed by atoms with E-state index in [-0.39, 0.29) is 23.3 Å². The topological polar surface area (TPSA) is 97.5 Å². The number of nitrogens with zero attached hydrogens (tertiary/aromatic N) is 5. The third-order valence-electron chi connectivity index (χ3n) is 7.50. The molecule has 4 rings (SSSR count). The molecule has 1 fully saturated rings. The van der Waals surface area contributed by atoms with Gasteiger partial charge in [-0.3, -0.25) is 14.5 Å². The molecule has 1 amide bonds. The molecule has 0 aliphatic carbocycles. The van der Waals surface area contributed by atoms with Crippen molar-refractivity contribution in [3.05, 3.63) is 64.1 Å². The van der Waals surface area contributed by atoms with Gasteiger partial charge >= 0.3 is 6.18 Å². The third kappa shape index (κ3) is 6.34. The molecule has 2 aromatic heterocycles. The van der Waals surface area contributed by atoms with Crippen LogP contribution in [-0.4, -0.2) is 71.1 Å². The Hall–Kier alpha value is -4.00. The number of nitrogens with one attached hydrogen (secondary N) is 2. The minimum Gasteiger partial charge on any atom is -0.367 e. The highest BCUT2D eigenvalue weighted by Gasteiger charge is 2.36. The van der Waals surface area contributed by atoms with Crippen LogP contribution in [0.5, 0.6) is 0 Å². The Labute approximate surface area is 235 Å². The number of carbonyl (C=O) groups excluding carboxylic acids is 1. The standard InChI is InChI=1S/C28H33F4N7O2/c1-6-38(7-2)27-34-11-18(12-35-27)19-8-23(24(10-22(19)29)39-14-16(3)37(5)17(4)15-39)36-26(41)20-13-33-25(40)9-21(20)28(30,31)32/h8-13,16-17H,6-7,14-15H2,1-5H3,(H,33,40)(H,36,41). The molecular formula is C28H33F4N7O2. The fraction of sp³-hybridized carbons (Fsp3) is 0.429. The molecule has 13 heteroatoms. The van der Waals surface area contributed by atoms with Crippen LogP contribution < -0.4 is 20.7 Å². The second-order valence-electron chi connectivity index (χ2n) is 10.1. The van der Waals surface area contributed by atoms with Crippen LogP contribution in [0.3, 0.4) is 0 Å². The van der Waals surface area contributed by atoms with E-state index in [1.54, 1.807) is 0 Å². The predicted molar refractivity (Wildman–Crippen MR) is 150 cm³/mol. The summed E-state index contributed by atoms with van der Waals surface area (Å²) in [6.07, 6.45) is -1.28. The lowest BCUT2D eigenvalue weighted by molar-refractivity contribution is -0.138. The molecule has 220 valence electrons. The smallest absolute Gasteiger partial charge is 0.367 e. The van der Waals surface area contributed by atoms with Gasteiger partial charge in [-0.15, -0.1) is 0 Å². The summed E-state index contributed by atoms with van der Waals surface area (Å²) >= 11 is 0. The molecule has 9 nitrogen and oxygen atoms in total. The molecule has 1 saturated heterocycles. The lowest BCUT2D eigenvalue weighted by Crippen LogP contribution is -2.55. The van der Waals surface area contributed by atoms with Crippen LogP contribution in [0.2, 0.25) is 0 Å². The number of aromatic nitrogens is 3. The fourth-order valence-corrected chi connectivity index (χ4v) is 4.96. The normalized spacial score (nSPS) is 17.9. The van der Waals surface area contributed by atoms with Gasteiger partial charge in [0.15, 0.2) is 0 Å². The lowest BCUT2D eigenvalue weighted by atomic mass is 10.0. The Bertz CT molecular complexity index is 1440. The number of carbonyl (C=O) groups is 1. The highest BCUT2D eigenvalue weighted by Crippen LogP contribution is 2.37. The first-order valence-electron chi connectivity index (χ1n) is 13.3. The van der Waals surface area contributed by atoms with E-state index < -0.39 is 34.6 Å². The number of halogens is 4. The van der Waals surface area contributed by atoms with Crippen LogP contribution >= 0.6 is 0 Å². The van der Waals surface area contributed by atoms with E-state index in [9.17, 15) is 22.8 Å². The largest absolute Gasteiger partial charge is 0.417 e. The fourth-order valence-electron chi connectivity index (χ4n) is 4.96. The number of hydrogen-bond acceptors (Lipinski definition) is 7. The number of H-pyrrole nitrogens is 1. The van der Waals surface area contributed by atoms with Gasteiger partial charge in [-0.1, -0.05) is 0 Å². The molecule has 0 saturated carbocycles. The first-order valence-corrected chi connectivity index (χ1v) is 13.3. The Balaban J connectivity index is 1.80. The van der Waals surface area contributed by atoms with Crippen molar-refractivity contribution in [2.24, 2.45) is 0 Å². The molecule has 3 aromatic rings. The maximum Gasteiger partial charge on any atom is 0.417 e. The van der Waals surface area contributed by atoms with Crippen LogP contribution in [0.15, 0.2) is 41.6 Å². The van der Waals surface area contributed by atoms with Crippen molar-refractivity contribution >= 4 is 23.2 Å². The Kier molecular flexibility index (Phi) is 8.66. The van der Waals surface area contributed by atoms with Gasteiger partial charge < -0.3 is 20.1 Å². The average molecular weight is 576 g/mol. The minimum absolute atomic E-state index is 0.0721. The number of likely N-dealkylation sites (N-methyl/N-ethyl adjacent to an activating group) is 1. The van der Waals surface area contributed by atoms with Gasteiger partial charge in [0.05, 0.1) is 22.5 Å². The molecule has 0 radical (unpaired) electrons. The van der Waals surface area contributed by atoms with Gasteiger partial charge in [-0.25, -0.2) is 14.4 Å².